The van der Waals surface area contributed by atoms with Crippen molar-refractivity contribution in [1.82, 2.24) is 4.90 Å². The topological polar surface area (TPSA) is 92.0 Å². The fourth-order valence-corrected chi connectivity index (χ4v) is 3.49. The van der Waals surface area contributed by atoms with Crippen molar-refractivity contribution in [3.05, 3.63) is 58.9 Å². The number of ether oxygens (including phenoxy) is 3. The number of nitriles is 1. The number of aliphatic hydroxyl groups is 1. The number of nitrogens with zero attached hydrogens (tertiary/aromatic N) is 2. The molecule has 8 heteroatoms. The molecular formula is C21H21FN2O5. The second kappa shape index (κ2) is 8.90. The van der Waals surface area contributed by atoms with Gasteiger partial charge in [0.25, 0.3) is 5.91 Å². The molecule has 0 bridgehead atoms. The summed E-state index contributed by atoms with van der Waals surface area (Å²) in [4.78, 5) is 14.7. The minimum Gasteiger partial charge on any atom is -0.493 e. The maximum atomic E-state index is 13.9. The Balaban J connectivity index is 2.03. The molecule has 29 heavy (non-hydrogen) atoms. The zero-order valence-corrected chi connectivity index (χ0v) is 16.1. The fraction of sp³-hybridized carbons (Fsp3) is 0.333. The van der Waals surface area contributed by atoms with Crippen molar-refractivity contribution in [3.8, 4) is 17.6 Å². The van der Waals surface area contributed by atoms with Gasteiger partial charge in [-0.15, -0.1) is 0 Å². The Labute approximate surface area is 167 Å². The number of amides is 1. The molecule has 1 heterocycles. The maximum absolute atomic E-state index is 13.9. The lowest BCUT2D eigenvalue weighted by atomic mass is 9.96. The van der Waals surface area contributed by atoms with Crippen LogP contribution in [0.3, 0.4) is 0 Å². The Kier molecular flexibility index (Phi) is 6.32. The third kappa shape index (κ3) is 4.16. The van der Waals surface area contributed by atoms with Gasteiger partial charge in [-0.25, -0.2) is 4.39 Å². The summed E-state index contributed by atoms with van der Waals surface area (Å²) in [6.07, 6.45) is -0.671. The zero-order chi connectivity index (χ0) is 21.0. The third-order valence-electron chi connectivity index (χ3n) is 4.82. The van der Waals surface area contributed by atoms with Gasteiger partial charge in [-0.2, -0.15) is 5.26 Å². The van der Waals surface area contributed by atoms with Crippen LogP contribution in [-0.4, -0.2) is 56.0 Å². The average Bonchev–Trinajstić information content (AvgIpc) is 2.76. The van der Waals surface area contributed by atoms with Crippen LogP contribution < -0.4 is 9.47 Å². The molecule has 0 radical (unpaired) electrons. The molecule has 0 aliphatic carbocycles. The summed E-state index contributed by atoms with van der Waals surface area (Å²) < 4.78 is 30.1. The van der Waals surface area contributed by atoms with Gasteiger partial charge >= 0.3 is 0 Å². The second-order valence-corrected chi connectivity index (χ2v) is 6.49. The summed E-state index contributed by atoms with van der Waals surface area (Å²) in [5.41, 5.74) is 0.792. The smallest absolute Gasteiger partial charge is 0.254 e. The van der Waals surface area contributed by atoms with Gasteiger partial charge in [0, 0.05) is 12.1 Å². The van der Waals surface area contributed by atoms with Crippen LogP contribution in [0.15, 0.2) is 36.4 Å². The highest BCUT2D eigenvalue weighted by molar-refractivity contribution is 5.95. The average molecular weight is 400 g/mol. The quantitative estimate of drug-likeness (QED) is 0.828. The lowest BCUT2D eigenvalue weighted by molar-refractivity contribution is -0.0811. The Morgan fingerprint density at radius 1 is 1.28 bits per heavy atom. The van der Waals surface area contributed by atoms with E-state index >= 15 is 0 Å². The van der Waals surface area contributed by atoms with Crippen LogP contribution in [0.2, 0.25) is 0 Å². The van der Waals surface area contributed by atoms with E-state index in [1.807, 2.05) is 6.07 Å². The molecule has 0 spiro atoms. The summed E-state index contributed by atoms with van der Waals surface area (Å²) >= 11 is 0. The number of rotatable bonds is 5. The summed E-state index contributed by atoms with van der Waals surface area (Å²) in [6, 6.07) is 9.91. The molecule has 2 aromatic rings. The van der Waals surface area contributed by atoms with E-state index in [-0.39, 0.29) is 30.9 Å². The molecule has 1 saturated heterocycles. The number of carbonyl (C=O) groups excluding carboxylic acids is 1. The normalized spacial score (nSPS) is 18.8. The third-order valence-corrected chi connectivity index (χ3v) is 4.82. The van der Waals surface area contributed by atoms with Crippen LogP contribution in [0.25, 0.3) is 0 Å². The van der Waals surface area contributed by atoms with Crippen molar-refractivity contribution in [2.45, 2.75) is 12.1 Å². The molecule has 0 aromatic heterocycles. The molecule has 152 valence electrons. The summed E-state index contributed by atoms with van der Waals surface area (Å²) in [6.45, 7) is 0.156. The molecule has 7 nitrogen and oxygen atoms in total. The SMILES string of the molecule is COc1ccc([C@H]2[C@H](CO)OCCN2C(=O)c2cc(F)cc(C#N)c2)cc1OC. The van der Waals surface area contributed by atoms with Gasteiger partial charge in [-0.3, -0.25) is 4.79 Å². The van der Waals surface area contributed by atoms with Crippen LogP contribution in [0.1, 0.15) is 27.5 Å². The standard InChI is InChI=1S/C21H21FN2O5/c1-27-17-4-3-14(10-18(17)28-2)20-19(12-25)29-6-5-24(20)21(26)15-7-13(11-23)8-16(22)9-15/h3-4,7-10,19-20,25H,5-6,12H2,1-2H3/t19-,20-/m0/s1. The van der Waals surface area contributed by atoms with Gasteiger partial charge in [0.15, 0.2) is 11.5 Å². The molecule has 1 N–H and O–H groups in total. The predicted octanol–water partition coefficient (Wildman–Crippen LogP) is 2.29. The van der Waals surface area contributed by atoms with Crippen molar-refractivity contribution >= 4 is 5.91 Å². The number of halogens is 1. The predicted molar refractivity (Wildman–Crippen MR) is 101 cm³/mol. The van der Waals surface area contributed by atoms with Crippen LogP contribution >= 0.6 is 0 Å². The van der Waals surface area contributed by atoms with E-state index < -0.39 is 23.9 Å². The van der Waals surface area contributed by atoms with E-state index in [1.165, 1.54) is 25.2 Å². The van der Waals surface area contributed by atoms with E-state index in [1.54, 1.807) is 18.2 Å². The monoisotopic (exact) mass is 400 g/mol. The van der Waals surface area contributed by atoms with Gasteiger partial charge in [0.05, 0.1) is 45.1 Å². The molecule has 0 unspecified atom stereocenters. The number of methoxy groups -OCH3 is 2. The highest BCUT2D eigenvalue weighted by atomic mass is 19.1. The van der Waals surface area contributed by atoms with Gasteiger partial charge in [-0.1, -0.05) is 6.07 Å². The number of aliphatic hydroxyl groups excluding tert-OH is 1. The van der Waals surface area contributed by atoms with E-state index in [2.05, 4.69) is 0 Å². The number of hydrogen-bond acceptors (Lipinski definition) is 6. The first-order valence-corrected chi connectivity index (χ1v) is 8.98. The number of benzene rings is 2. The van der Waals surface area contributed by atoms with E-state index in [9.17, 15) is 14.3 Å². The van der Waals surface area contributed by atoms with E-state index in [0.29, 0.717) is 17.1 Å². The second-order valence-electron chi connectivity index (χ2n) is 6.49. The lowest BCUT2D eigenvalue weighted by Crippen LogP contribution is -2.49. The number of hydrogen-bond donors (Lipinski definition) is 1. The van der Waals surface area contributed by atoms with Crippen LogP contribution in [-0.2, 0) is 4.74 Å². The summed E-state index contributed by atoms with van der Waals surface area (Å²) in [7, 11) is 3.02. The van der Waals surface area contributed by atoms with Crippen molar-refractivity contribution in [2.75, 3.05) is 34.0 Å². The first kappa shape index (κ1) is 20.6. The number of morpholine rings is 1. The minimum absolute atomic E-state index is 0.0583. The minimum atomic E-state index is -0.671. The molecule has 1 fully saturated rings. The first-order chi connectivity index (χ1) is 14.0. The van der Waals surface area contributed by atoms with Crippen LogP contribution in [0, 0.1) is 17.1 Å². The van der Waals surface area contributed by atoms with Gasteiger partial charge in [-0.05, 0) is 35.9 Å². The molecule has 3 rings (SSSR count). The molecule has 1 aliphatic rings. The summed E-state index contributed by atoms with van der Waals surface area (Å²) in [5, 5.41) is 18.9. The zero-order valence-electron chi connectivity index (χ0n) is 16.1. The van der Waals surface area contributed by atoms with Gasteiger partial charge < -0.3 is 24.2 Å². The van der Waals surface area contributed by atoms with Crippen molar-refractivity contribution in [3.63, 3.8) is 0 Å². The Bertz CT molecular complexity index is 943. The van der Waals surface area contributed by atoms with Gasteiger partial charge in [0.2, 0.25) is 0 Å². The van der Waals surface area contributed by atoms with Crippen molar-refractivity contribution in [1.29, 1.82) is 5.26 Å². The molecular weight excluding hydrogens is 379 g/mol. The van der Waals surface area contributed by atoms with Crippen LogP contribution in [0.4, 0.5) is 4.39 Å². The molecule has 1 aliphatic heterocycles. The number of carbonyl (C=O) groups is 1. The molecule has 0 saturated carbocycles. The van der Waals surface area contributed by atoms with E-state index in [0.717, 1.165) is 12.1 Å². The Morgan fingerprint density at radius 2 is 2.03 bits per heavy atom. The largest absolute Gasteiger partial charge is 0.493 e. The van der Waals surface area contributed by atoms with Crippen molar-refractivity contribution in [2.24, 2.45) is 0 Å². The summed E-state index contributed by atoms with van der Waals surface area (Å²) in [5.74, 6) is -0.128. The maximum Gasteiger partial charge on any atom is 0.254 e. The molecule has 2 atom stereocenters. The lowest BCUT2D eigenvalue weighted by Gasteiger charge is -2.41. The molecule has 2 aromatic carbocycles. The molecule has 1 amide bonds. The Hall–Kier alpha value is -3.15. The van der Waals surface area contributed by atoms with Gasteiger partial charge in [0.1, 0.15) is 11.9 Å². The Morgan fingerprint density at radius 3 is 2.69 bits per heavy atom. The fourth-order valence-electron chi connectivity index (χ4n) is 3.49. The highest BCUT2D eigenvalue weighted by Gasteiger charge is 2.37. The first-order valence-electron chi connectivity index (χ1n) is 8.98. The van der Waals surface area contributed by atoms with E-state index in [4.69, 9.17) is 19.5 Å². The highest BCUT2D eigenvalue weighted by Crippen LogP contribution is 2.36. The van der Waals surface area contributed by atoms with Crippen LogP contribution in [0.5, 0.6) is 11.5 Å². The van der Waals surface area contributed by atoms with Crippen molar-refractivity contribution < 1.29 is 28.5 Å².